The van der Waals surface area contributed by atoms with Crippen molar-refractivity contribution in [1.82, 2.24) is 0 Å². The first kappa shape index (κ1) is 21.6. The van der Waals surface area contributed by atoms with E-state index in [9.17, 15) is 13.2 Å². The lowest BCUT2D eigenvalue weighted by Crippen LogP contribution is -2.38. The quantitative estimate of drug-likeness (QED) is 0.623. The zero-order chi connectivity index (χ0) is 21.9. The SMILES string of the molecule is Cc1ccc(C)c(NC(=O)CN(c2cc(C)ccc2C)S(=O)(=O)c2ccccc2)c1. The zero-order valence-corrected chi connectivity index (χ0v) is 18.5. The van der Waals surface area contributed by atoms with Crippen molar-refractivity contribution in [2.75, 3.05) is 16.2 Å². The van der Waals surface area contributed by atoms with Gasteiger partial charge in [0.1, 0.15) is 6.54 Å². The van der Waals surface area contributed by atoms with Gasteiger partial charge in [-0.1, -0.05) is 42.5 Å². The van der Waals surface area contributed by atoms with E-state index in [2.05, 4.69) is 5.32 Å². The summed E-state index contributed by atoms with van der Waals surface area (Å²) in [4.78, 5) is 13.1. The van der Waals surface area contributed by atoms with Gasteiger partial charge in [-0.25, -0.2) is 8.42 Å². The minimum Gasteiger partial charge on any atom is -0.324 e. The Labute approximate surface area is 178 Å². The molecule has 3 aromatic carbocycles. The van der Waals surface area contributed by atoms with Crippen molar-refractivity contribution in [2.24, 2.45) is 0 Å². The third-order valence-corrected chi connectivity index (χ3v) is 6.69. The van der Waals surface area contributed by atoms with Crippen molar-refractivity contribution >= 4 is 27.3 Å². The van der Waals surface area contributed by atoms with Crippen molar-refractivity contribution in [1.29, 1.82) is 0 Å². The van der Waals surface area contributed by atoms with Crippen molar-refractivity contribution in [2.45, 2.75) is 32.6 Å². The second kappa shape index (κ2) is 8.71. The van der Waals surface area contributed by atoms with E-state index in [4.69, 9.17) is 0 Å². The Morgan fingerprint density at radius 1 is 0.833 bits per heavy atom. The summed E-state index contributed by atoms with van der Waals surface area (Å²) in [5.41, 5.74) is 4.80. The Hall–Kier alpha value is -3.12. The molecule has 0 aliphatic heterocycles. The summed E-state index contributed by atoms with van der Waals surface area (Å²) in [6.07, 6.45) is 0. The van der Waals surface area contributed by atoms with Crippen molar-refractivity contribution < 1.29 is 13.2 Å². The number of rotatable bonds is 6. The number of sulfonamides is 1. The molecule has 156 valence electrons. The van der Waals surface area contributed by atoms with Gasteiger partial charge < -0.3 is 5.32 Å². The predicted octanol–water partition coefficient (Wildman–Crippen LogP) is 4.75. The van der Waals surface area contributed by atoms with Crippen LogP contribution in [-0.4, -0.2) is 20.9 Å². The van der Waals surface area contributed by atoms with Crippen LogP contribution in [0.2, 0.25) is 0 Å². The van der Waals surface area contributed by atoms with Crippen LogP contribution in [0.25, 0.3) is 0 Å². The van der Waals surface area contributed by atoms with E-state index in [0.717, 1.165) is 22.3 Å². The Morgan fingerprint density at radius 2 is 1.43 bits per heavy atom. The van der Waals surface area contributed by atoms with Crippen LogP contribution < -0.4 is 9.62 Å². The molecule has 0 heterocycles. The molecule has 0 unspecified atom stereocenters. The highest BCUT2D eigenvalue weighted by Gasteiger charge is 2.28. The lowest BCUT2D eigenvalue weighted by molar-refractivity contribution is -0.114. The number of hydrogen-bond acceptors (Lipinski definition) is 3. The number of aryl methyl sites for hydroxylation is 4. The van der Waals surface area contributed by atoms with Gasteiger partial charge in [0, 0.05) is 5.69 Å². The van der Waals surface area contributed by atoms with Gasteiger partial charge >= 0.3 is 0 Å². The number of amides is 1. The maximum Gasteiger partial charge on any atom is 0.264 e. The van der Waals surface area contributed by atoms with Crippen molar-refractivity contribution in [3.8, 4) is 0 Å². The van der Waals surface area contributed by atoms with Gasteiger partial charge in [-0.15, -0.1) is 0 Å². The van der Waals surface area contributed by atoms with Crippen LogP contribution in [0.4, 0.5) is 11.4 Å². The summed E-state index contributed by atoms with van der Waals surface area (Å²) in [7, 11) is -3.93. The van der Waals surface area contributed by atoms with Crippen LogP contribution >= 0.6 is 0 Å². The summed E-state index contributed by atoms with van der Waals surface area (Å²) in [5.74, 6) is -0.399. The molecule has 0 saturated heterocycles. The zero-order valence-electron chi connectivity index (χ0n) is 17.6. The number of anilines is 2. The molecule has 0 saturated carbocycles. The standard InChI is InChI=1S/C24H26N2O3S/c1-17-10-12-19(3)22(14-17)25-24(27)16-26(23-15-18(2)11-13-20(23)4)30(28,29)21-8-6-5-7-9-21/h5-15H,16H2,1-4H3,(H,25,27). The van der Waals surface area contributed by atoms with E-state index in [1.54, 1.807) is 24.3 Å². The lowest BCUT2D eigenvalue weighted by atomic mass is 10.1. The summed E-state index contributed by atoms with van der Waals surface area (Å²) in [6, 6.07) is 19.5. The van der Waals surface area contributed by atoms with E-state index in [0.29, 0.717) is 11.4 Å². The molecule has 0 fully saturated rings. The smallest absolute Gasteiger partial charge is 0.264 e. The molecule has 3 aromatic rings. The maximum absolute atomic E-state index is 13.5. The van der Waals surface area contributed by atoms with Crippen LogP contribution in [0, 0.1) is 27.7 Å². The molecule has 0 atom stereocenters. The molecule has 5 nitrogen and oxygen atoms in total. The number of benzene rings is 3. The Balaban J connectivity index is 2.01. The highest BCUT2D eigenvalue weighted by Crippen LogP contribution is 2.28. The molecule has 0 aromatic heterocycles. The van der Waals surface area contributed by atoms with E-state index in [-0.39, 0.29) is 11.4 Å². The van der Waals surface area contributed by atoms with E-state index in [1.165, 1.54) is 16.4 Å². The Bertz CT molecular complexity index is 1170. The normalized spacial score (nSPS) is 11.2. The van der Waals surface area contributed by atoms with Crippen molar-refractivity contribution in [3.63, 3.8) is 0 Å². The Morgan fingerprint density at radius 3 is 2.10 bits per heavy atom. The average Bonchev–Trinajstić information content (AvgIpc) is 2.71. The second-order valence-electron chi connectivity index (χ2n) is 7.48. The van der Waals surface area contributed by atoms with E-state index in [1.807, 2.05) is 58.0 Å². The van der Waals surface area contributed by atoms with E-state index >= 15 is 0 Å². The summed E-state index contributed by atoms with van der Waals surface area (Å²) < 4.78 is 28.1. The fourth-order valence-corrected chi connectivity index (χ4v) is 4.70. The highest BCUT2D eigenvalue weighted by atomic mass is 32.2. The molecule has 1 amide bonds. The molecular formula is C24H26N2O3S. The molecule has 30 heavy (non-hydrogen) atoms. The summed E-state index contributed by atoms with van der Waals surface area (Å²) in [6.45, 7) is 7.25. The van der Waals surface area contributed by atoms with Gasteiger partial charge in [-0.2, -0.15) is 0 Å². The first-order chi connectivity index (χ1) is 14.2. The molecule has 0 aliphatic carbocycles. The van der Waals surface area contributed by atoms with Gasteiger partial charge in [0.2, 0.25) is 5.91 Å². The molecule has 1 N–H and O–H groups in total. The topological polar surface area (TPSA) is 66.5 Å². The number of nitrogens with one attached hydrogen (secondary N) is 1. The first-order valence-corrected chi connectivity index (χ1v) is 11.1. The van der Waals surface area contributed by atoms with Crippen LogP contribution in [0.15, 0.2) is 71.6 Å². The summed E-state index contributed by atoms with van der Waals surface area (Å²) in [5, 5.41) is 2.86. The third kappa shape index (κ3) is 4.71. The first-order valence-electron chi connectivity index (χ1n) is 9.70. The maximum atomic E-state index is 13.5. The number of carbonyl (C=O) groups excluding carboxylic acids is 1. The van der Waals surface area contributed by atoms with Gasteiger partial charge in [0.05, 0.1) is 10.6 Å². The van der Waals surface area contributed by atoms with Gasteiger partial charge in [-0.05, 0) is 74.2 Å². The van der Waals surface area contributed by atoms with Crippen LogP contribution in [0.1, 0.15) is 22.3 Å². The Kier molecular flexibility index (Phi) is 6.27. The van der Waals surface area contributed by atoms with Crippen LogP contribution in [-0.2, 0) is 14.8 Å². The van der Waals surface area contributed by atoms with Crippen LogP contribution in [0.3, 0.4) is 0 Å². The van der Waals surface area contributed by atoms with E-state index < -0.39 is 15.9 Å². The minimum atomic E-state index is -3.93. The van der Waals surface area contributed by atoms with Gasteiger partial charge in [0.25, 0.3) is 10.0 Å². The fraction of sp³-hybridized carbons (Fsp3) is 0.208. The lowest BCUT2D eigenvalue weighted by Gasteiger charge is -2.26. The number of hydrogen-bond donors (Lipinski definition) is 1. The predicted molar refractivity (Wildman–Crippen MR) is 121 cm³/mol. The molecule has 0 radical (unpaired) electrons. The molecule has 3 rings (SSSR count). The number of carbonyl (C=O) groups is 1. The third-order valence-electron chi connectivity index (χ3n) is 4.92. The van der Waals surface area contributed by atoms with Gasteiger partial charge in [-0.3, -0.25) is 9.10 Å². The van der Waals surface area contributed by atoms with Gasteiger partial charge in [0.15, 0.2) is 0 Å². The molecule has 0 bridgehead atoms. The second-order valence-corrected chi connectivity index (χ2v) is 9.34. The van der Waals surface area contributed by atoms with Crippen LogP contribution in [0.5, 0.6) is 0 Å². The molecular weight excluding hydrogens is 396 g/mol. The summed E-state index contributed by atoms with van der Waals surface area (Å²) >= 11 is 0. The molecule has 0 aliphatic rings. The molecule has 0 spiro atoms. The van der Waals surface area contributed by atoms with Crippen molar-refractivity contribution in [3.05, 3.63) is 89.0 Å². The largest absolute Gasteiger partial charge is 0.324 e. The minimum absolute atomic E-state index is 0.144. The fourth-order valence-electron chi connectivity index (χ4n) is 3.20. The number of nitrogens with zero attached hydrogens (tertiary/aromatic N) is 1. The molecule has 6 heteroatoms. The average molecular weight is 423 g/mol. The monoisotopic (exact) mass is 422 g/mol. The highest BCUT2D eigenvalue weighted by molar-refractivity contribution is 7.92.